The highest BCUT2D eigenvalue weighted by Crippen LogP contribution is 2.23. The third-order valence-corrected chi connectivity index (χ3v) is 2.48. The molecule has 0 bridgehead atoms. The minimum absolute atomic E-state index is 0.00199. The predicted octanol–water partition coefficient (Wildman–Crippen LogP) is 0.305. The Labute approximate surface area is 71.4 Å². The number of nitrogens with zero attached hydrogens (tertiary/aromatic N) is 2. The summed E-state index contributed by atoms with van der Waals surface area (Å²) in [5, 5.41) is 17.2. The lowest BCUT2D eigenvalue weighted by atomic mass is 10.0. The largest absolute Gasteiger partial charge is 0.481 e. The third-order valence-electron chi connectivity index (χ3n) is 2.48. The molecule has 4 heteroatoms. The lowest BCUT2D eigenvalue weighted by molar-refractivity contribution is -0.142. The van der Waals surface area contributed by atoms with Crippen LogP contribution in [-0.2, 0) is 4.79 Å². The van der Waals surface area contributed by atoms with Crippen molar-refractivity contribution in [3.05, 3.63) is 0 Å². The van der Waals surface area contributed by atoms with Crippen molar-refractivity contribution in [3.8, 4) is 6.07 Å². The van der Waals surface area contributed by atoms with Crippen molar-refractivity contribution in [3.63, 3.8) is 0 Å². The SMILES string of the molecule is CC1C(C(=O)O)CCN1CC#N. The number of carboxylic acid groups (broad SMARTS) is 1. The molecular formula is C8H12N2O2. The third kappa shape index (κ3) is 1.56. The lowest BCUT2D eigenvalue weighted by Gasteiger charge is -2.19. The fourth-order valence-corrected chi connectivity index (χ4v) is 1.65. The predicted molar refractivity (Wildman–Crippen MR) is 42.4 cm³/mol. The van der Waals surface area contributed by atoms with E-state index in [-0.39, 0.29) is 12.0 Å². The summed E-state index contributed by atoms with van der Waals surface area (Å²) in [6, 6.07) is 2.03. The van der Waals surface area contributed by atoms with Gasteiger partial charge < -0.3 is 5.11 Å². The molecule has 1 fully saturated rings. The molecule has 12 heavy (non-hydrogen) atoms. The normalized spacial score (nSPS) is 30.0. The number of aliphatic carboxylic acids is 1. The average Bonchev–Trinajstić information content (AvgIpc) is 2.34. The van der Waals surface area contributed by atoms with Gasteiger partial charge in [-0.3, -0.25) is 9.69 Å². The second-order valence-electron chi connectivity index (χ2n) is 3.10. The van der Waals surface area contributed by atoms with Crippen LogP contribution in [0.3, 0.4) is 0 Å². The van der Waals surface area contributed by atoms with Gasteiger partial charge in [0.1, 0.15) is 0 Å². The molecule has 0 spiro atoms. The van der Waals surface area contributed by atoms with Gasteiger partial charge in [0.15, 0.2) is 0 Å². The molecule has 1 saturated heterocycles. The second kappa shape index (κ2) is 3.55. The van der Waals surface area contributed by atoms with Crippen molar-refractivity contribution >= 4 is 5.97 Å². The first kappa shape index (κ1) is 9.01. The van der Waals surface area contributed by atoms with Crippen LogP contribution in [0.25, 0.3) is 0 Å². The molecule has 2 unspecified atom stereocenters. The highest BCUT2D eigenvalue weighted by molar-refractivity contribution is 5.71. The number of hydrogen-bond acceptors (Lipinski definition) is 3. The van der Waals surface area contributed by atoms with Crippen LogP contribution in [0.15, 0.2) is 0 Å². The van der Waals surface area contributed by atoms with Crippen molar-refractivity contribution in [2.45, 2.75) is 19.4 Å². The van der Waals surface area contributed by atoms with Crippen molar-refractivity contribution in [2.24, 2.45) is 5.92 Å². The van der Waals surface area contributed by atoms with Gasteiger partial charge in [-0.25, -0.2) is 0 Å². The first-order valence-corrected chi connectivity index (χ1v) is 4.00. The van der Waals surface area contributed by atoms with Crippen LogP contribution in [0.1, 0.15) is 13.3 Å². The van der Waals surface area contributed by atoms with Crippen LogP contribution in [0, 0.1) is 17.2 Å². The Balaban J connectivity index is 2.56. The molecule has 0 aliphatic carbocycles. The van der Waals surface area contributed by atoms with Gasteiger partial charge in [-0.05, 0) is 13.3 Å². The lowest BCUT2D eigenvalue weighted by Crippen LogP contribution is -2.33. The first-order chi connectivity index (χ1) is 5.66. The molecule has 0 aromatic carbocycles. The molecular weight excluding hydrogens is 156 g/mol. The molecule has 1 rings (SSSR count). The van der Waals surface area contributed by atoms with Crippen LogP contribution >= 0.6 is 0 Å². The Hall–Kier alpha value is -1.08. The van der Waals surface area contributed by atoms with E-state index in [0.29, 0.717) is 13.0 Å². The molecule has 0 aromatic heterocycles. The minimum atomic E-state index is -0.747. The highest BCUT2D eigenvalue weighted by Gasteiger charge is 2.34. The molecule has 1 heterocycles. The van der Waals surface area contributed by atoms with Gasteiger partial charge in [-0.15, -0.1) is 0 Å². The van der Waals surface area contributed by atoms with Gasteiger partial charge in [0.05, 0.1) is 18.5 Å². The Morgan fingerprint density at radius 2 is 2.50 bits per heavy atom. The van der Waals surface area contributed by atoms with Crippen LogP contribution in [-0.4, -0.2) is 35.1 Å². The molecule has 0 saturated carbocycles. The van der Waals surface area contributed by atoms with E-state index >= 15 is 0 Å². The summed E-state index contributed by atoms with van der Waals surface area (Å²) in [4.78, 5) is 12.6. The summed E-state index contributed by atoms with van der Waals surface area (Å²) in [5.74, 6) is -1.04. The van der Waals surface area contributed by atoms with Crippen LogP contribution < -0.4 is 0 Å². The van der Waals surface area contributed by atoms with Crippen LogP contribution in [0.2, 0.25) is 0 Å². The summed E-state index contributed by atoms with van der Waals surface area (Å²) >= 11 is 0. The van der Waals surface area contributed by atoms with E-state index in [4.69, 9.17) is 10.4 Å². The Bertz CT molecular complexity index is 222. The molecule has 0 radical (unpaired) electrons. The first-order valence-electron chi connectivity index (χ1n) is 4.00. The molecule has 4 nitrogen and oxygen atoms in total. The van der Waals surface area contributed by atoms with Crippen molar-refractivity contribution in [2.75, 3.05) is 13.1 Å². The monoisotopic (exact) mass is 168 g/mol. The van der Waals surface area contributed by atoms with E-state index in [1.54, 1.807) is 0 Å². The summed E-state index contributed by atoms with van der Waals surface area (Å²) < 4.78 is 0. The Morgan fingerprint density at radius 3 is 2.92 bits per heavy atom. The van der Waals surface area contributed by atoms with Crippen molar-refractivity contribution in [1.29, 1.82) is 5.26 Å². The zero-order valence-corrected chi connectivity index (χ0v) is 7.03. The zero-order valence-electron chi connectivity index (χ0n) is 7.03. The maximum atomic E-state index is 10.7. The fraction of sp³-hybridized carbons (Fsp3) is 0.750. The number of rotatable bonds is 2. The molecule has 0 amide bonds. The van der Waals surface area contributed by atoms with E-state index in [1.165, 1.54) is 0 Å². The Morgan fingerprint density at radius 1 is 1.83 bits per heavy atom. The van der Waals surface area contributed by atoms with E-state index in [0.717, 1.165) is 6.54 Å². The van der Waals surface area contributed by atoms with Crippen LogP contribution in [0.5, 0.6) is 0 Å². The summed E-state index contributed by atoms with van der Waals surface area (Å²) in [7, 11) is 0. The number of carboxylic acids is 1. The maximum Gasteiger partial charge on any atom is 0.308 e. The van der Waals surface area contributed by atoms with Gasteiger partial charge in [0.2, 0.25) is 0 Å². The maximum absolute atomic E-state index is 10.7. The molecule has 1 aliphatic rings. The molecule has 0 aromatic rings. The topological polar surface area (TPSA) is 64.3 Å². The van der Waals surface area contributed by atoms with Crippen molar-refractivity contribution < 1.29 is 9.90 Å². The quantitative estimate of drug-likeness (QED) is 0.602. The number of nitriles is 1. The number of carbonyl (C=O) groups is 1. The molecule has 1 aliphatic heterocycles. The van der Waals surface area contributed by atoms with Gasteiger partial charge in [0, 0.05) is 12.6 Å². The van der Waals surface area contributed by atoms with Gasteiger partial charge in [0.25, 0.3) is 0 Å². The average molecular weight is 168 g/mol. The second-order valence-corrected chi connectivity index (χ2v) is 3.10. The zero-order chi connectivity index (χ0) is 9.14. The highest BCUT2D eigenvalue weighted by atomic mass is 16.4. The summed E-state index contributed by atoms with van der Waals surface area (Å²) in [6.07, 6.45) is 0.665. The van der Waals surface area contributed by atoms with Crippen molar-refractivity contribution in [1.82, 2.24) is 4.90 Å². The van der Waals surface area contributed by atoms with E-state index in [9.17, 15) is 4.79 Å². The fourth-order valence-electron chi connectivity index (χ4n) is 1.65. The standard InChI is InChI=1S/C8H12N2O2/c1-6-7(8(11)12)2-4-10(6)5-3-9/h6-7H,2,4-5H2,1H3,(H,11,12). The smallest absolute Gasteiger partial charge is 0.308 e. The van der Waals surface area contributed by atoms with E-state index in [1.807, 2.05) is 17.9 Å². The van der Waals surface area contributed by atoms with Gasteiger partial charge in [-0.1, -0.05) is 0 Å². The summed E-state index contributed by atoms with van der Waals surface area (Å²) in [6.45, 7) is 2.93. The van der Waals surface area contributed by atoms with E-state index < -0.39 is 5.97 Å². The summed E-state index contributed by atoms with van der Waals surface area (Å²) in [5.41, 5.74) is 0. The molecule has 2 atom stereocenters. The molecule has 66 valence electrons. The number of likely N-dealkylation sites (tertiary alicyclic amines) is 1. The minimum Gasteiger partial charge on any atom is -0.481 e. The van der Waals surface area contributed by atoms with Gasteiger partial charge >= 0.3 is 5.97 Å². The Kier molecular flexibility index (Phi) is 2.66. The van der Waals surface area contributed by atoms with E-state index in [2.05, 4.69) is 0 Å². The van der Waals surface area contributed by atoms with Crippen LogP contribution in [0.4, 0.5) is 0 Å². The number of hydrogen-bond donors (Lipinski definition) is 1. The van der Waals surface area contributed by atoms with Gasteiger partial charge in [-0.2, -0.15) is 5.26 Å². The molecule has 1 N–H and O–H groups in total.